The number of nitrogens with two attached hydrogens (primary N) is 1. The van der Waals surface area contributed by atoms with Gasteiger partial charge in [0.15, 0.2) is 9.84 Å². The second-order valence-corrected chi connectivity index (χ2v) is 5.42. The van der Waals surface area contributed by atoms with Crippen LogP contribution >= 0.6 is 0 Å². The molecule has 0 saturated carbocycles. The van der Waals surface area contributed by atoms with Gasteiger partial charge < -0.3 is 5.73 Å². The van der Waals surface area contributed by atoms with Crippen LogP contribution in [0.15, 0.2) is 29.2 Å². The Hall–Kier alpha value is -1.13. The first-order chi connectivity index (χ1) is 6.95. The van der Waals surface area contributed by atoms with Gasteiger partial charge in [-0.2, -0.15) is 0 Å². The molecular weight excluding hydrogens is 210 g/mol. The van der Waals surface area contributed by atoms with Gasteiger partial charge in [-0.3, -0.25) is 0 Å². The number of benzene rings is 1. The molecule has 1 aromatic rings. The smallest absolute Gasteiger partial charge is 0.175 e. The molecule has 0 unspecified atom stereocenters. The molecule has 82 valence electrons. The fourth-order valence-corrected chi connectivity index (χ4v) is 2.33. The standard InChI is InChI=1S/C11H15NO2S/c1-9-5-6-10(4-3-7-12)8-11(9)15(2,13)14/h3-6,8H,7,12H2,1-2H3/b4-3+. The van der Waals surface area contributed by atoms with Crippen LogP contribution in [0.4, 0.5) is 0 Å². The van der Waals surface area contributed by atoms with Crippen LogP contribution in [0.5, 0.6) is 0 Å². The molecule has 1 rings (SSSR count). The quantitative estimate of drug-likeness (QED) is 0.845. The Labute approximate surface area is 90.5 Å². The van der Waals surface area contributed by atoms with Crippen molar-refractivity contribution < 1.29 is 8.42 Å². The van der Waals surface area contributed by atoms with Gasteiger partial charge >= 0.3 is 0 Å². The highest BCUT2D eigenvalue weighted by atomic mass is 32.2. The van der Waals surface area contributed by atoms with Gasteiger partial charge in [-0.25, -0.2) is 8.42 Å². The summed E-state index contributed by atoms with van der Waals surface area (Å²) in [6.07, 6.45) is 4.82. The molecule has 4 heteroatoms. The van der Waals surface area contributed by atoms with Crippen LogP contribution in [-0.4, -0.2) is 21.2 Å². The van der Waals surface area contributed by atoms with Crippen molar-refractivity contribution in [2.45, 2.75) is 11.8 Å². The fraction of sp³-hybridized carbons (Fsp3) is 0.273. The Balaban J connectivity index is 3.23. The van der Waals surface area contributed by atoms with Gasteiger partial charge in [0.2, 0.25) is 0 Å². The van der Waals surface area contributed by atoms with Crippen molar-refractivity contribution in [1.82, 2.24) is 0 Å². The van der Waals surface area contributed by atoms with E-state index in [0.29, 0.717) is 11.4 Å². The maximum atomic E-state index is 11.4. The molecule has 0 aromatic heterocycles. The van der Waals surface area contributed by atoms with Crippen molar-refractivity contribution in [2.75, 3.05) is 12.8 Å². The van der Waals surface area contributed by atoms with E-state index in [4.69, 9.17) is 5.73 Å². The minimum Gasteiger partial charge on any atom is -0.327 e. The molecule has 0 radical (unpaired) electrons. The number of aryl methyl sites for hydroxylation is 1. The number of sulfone groups is 1. The molecule has 0 spiro atoms. The average molecular weight is 225 g/mol. The molecule has 0 aliphatic heterocycles. The van der Waals surface area contributed by atoms with Crippen LogP contribution in [0.25, 0.3) is 6.08 Å². The summed E-state index contributed by atoms with van der Waals surface area (Å²) in [5.41, 5.74) is 6.94. The van der Waals surface area contributed by atoms with Crippen molar-refractivity contribution in [3.63, 3.8) is 0 Å². The monoisotopic (exact) mass is 225 g/mol. The summed E-state index contributed by atoms with van der Waals surface area (Å²) >= 11 is 0. The largest absolute Gasteiger partial charge is 0.327 e. The molecule has 0 atom stereocenters. The molecule has 0 aliphatic rings. The summed E-state index contributed by atoms with van der Waals surface area (Å²) in [4.78, 5) is 0.377. The van der Waals surface area contributed by atoms with Gasteiger partial charge in [-0.05, 0) is 24.1 Å². The lowest BCUT2D eigenvalue weighted by molar-refractivity contribution is 0.601. The first-order valence-corrected chi connectivity index (χ1v) is 6.51. The van der Waals surface area contributed by atoms with E-state index in [1.54, 1.807) is 25.1 Å². The minimum atomic E-state index is -3.15. The first-order valence-electron chi connectivity index (χ1n) is 4.62. The molecule has 0 bridgehead atoms. The van der Waals surface area contributed by atoms with E-state index in [2.05, 4.69) is 0 Å². The molecule has 0 aliphatic carbocycles. The molecule has 0 saturated heterocycles. The summed E-state index contributed by atoms with van der Waals surface area (Å²) < 4.78 is 22.9. The molecule has 3 nitrogen and oxygen atoms in total. The molecule has 15 heavy (non-hydrogen) atoms. The van der Waals surface area contributed by atoms with E-state index >= 15 is 0 Å². The molecule has 0 heterocycles. The Kier molecular flexibility index (Phi) is 3.66. The first kappa shape index (κ1) is 11.9. The third kappa shape index (κ3) is 3.18. The van der Waals surface area contributed by atoms with Crippen molar-refractivity contribution in [3.8, 4) is 0 Å². The number of rotatable bonds is 3. The zero-order valence-corrected chi connectivity index (χ0v) is 9.71. The summed E-state index contributed by atoms with van der Waals surface area (Å²) in [5, 5.41) is 0. The van der Waals surface area contributed by atoms with Gasteiger partial charge in [0.1, 0.15) is 0 Å². The fourth-order valence-electron chi connectivity index (χ4n) is 1.32. The maximum absolute atomic E-state index is 11.4. The summed E-state index contributed by atoms with van der Waals surface area (Å²) in [7, 11) is -3.15. The molecule has 0 fully saturated rings. The minimum absolute atomic E-state index is 0.377. The Morgan fingerprint density at radius 1 is 1.40 bits per heavy atom. The lowest BCUT2D eigenvalue weighted by atomic mass is 10.1. The van der Waals surface area contributed by atoms with Crippen LogP contribution in [0.3, 0.4) is 0 Å². The summed E-state index contributed by atoms with van der Waals surface area (Å²) in [6, 6.07) is 5.33. The van der Waals surface area contributed by atoms with Crippen LogP contribution < -0.4 is 5.73 Å². The zero-order chi connectivity index (χ0) is 11.5. The number of hydrogen-bond donors (Lipinski definition) is 1. The zero-order valence-electron chi connectivity index (χ0n) is 8.90. The van der Waals surface area contributed by atoms with Crippen LogP contribution in [0, 0.1) is 6.92 Å². The lowest BCUT2D eigenvalue weighted by Crippen LogP contribution is -2.00. The van der Waals surface area contributed by atoms with E-state index in [0.717, 1.165) is 11.1 Å². The number of hydrogen-bond acceptors (Lipinski definition) is 3. The highest BCUT2D eigenvalue weighted by Crippen LogP contribution is 2.17. The Bertz CT molecular complexity index is 475. The lowest BCUT2D eigenvalue weighted by Gasteiger charge is -2.04. The van der Waals surface area contributed by atoms with Crippen molar-refractivity contribution in [3.05, 3.63) is 35.4 Å². The second-order valence-electron chi connectivity index (χ2n) is 3.44. The normalized spacial score (nSPS) is 12.2. The molecular formula is C11H15NO2S. The van der Waals surface area contributed by atoms with E-state index in [-0.39, 0.29) is 0 Å². The predicted octanol–water partition coefficient (Wildman–Crippen LogP) is 1.37. The van der Waals surface area contributed by atoms with Gasteiger partial charge in [-0.15, -0.1) is 0 Å². The maximum Gasteiger partial charge on any atom is 0.175 e. The van der Waals surface area contributed by atoms with E-state index in [1.807, 2.05) is 12.1 Å². The summed E-state index contributed by atoms with van der Waals surface area (Å²) in [5.74, 6) is 0. The predicted molar refractivity (Wildman–Crippen MR) is 62.4 cm³/mol. The van der Waals surface area contributed by atoms with E-state index in [9.17, 15) is 8.42 Å². The van der Waals surface area contributed by atoms with Crippen molar-refractivity contribution in [1.29, 1.82) is 0 Å². The van der Waals surface area contributed by atoms with Crippen LogP contribution in [0.1, 0.15) is 11.1 Å². The van der Waals surface area contributed by atoms with E-state index < -0.39 is 9.84 Å². The van der Waals surface area contributed by atoms with Gasteiger partial charge in [0, 0.05) is 12.8 Å². The van der Waals surface area contributed by atoms with Gasteiger partial charge in [-0.1, -0.05) is 24.3 Å². The summed E-state index contributed by atoms with van der Waals surface area (Å²) in [6.45, 7) is 2.23. The third-order valence-corrected chi connectivity index (χ3v) is 3.30. The SMILES string of the molecule is Cc1ccc(/C=C/CN)cc1S(C)(=O)=O. The van der Waals surface area contributed by atoms with Gasteiger partial charge in [0.25, 0.3) is 0 Å². The highest BCUT2D eigenvalue weighted by molar-refractivity contribution is 7.90. The topological polar surface area (TPSA) is 60.2 Å². The molecule has 1 aromatic carbocycles. The average Bonchev–Trinajstić information content (AvgIpc) is 2.15. The highest BCUT2D eigenvalue weighted by Gasteiger charge is 2.10. The third-order valence-electron chi connectivity index (χ3n) is 2.06. The Morgan fingerprint density at radius 3 is 2.60 bits per heavy atom. The van der Waals surface area contributed by atoms with Crippen LogP contribution in [0.2, 0.25) is 0 Å². The molecule has 0 amide bonds. The Morgan fingerprint density at radius 2 is 2.07 bits per heavy atom. The van der Waals surface area contributed by atoms with E-state index in [1.165, 1.54) is 6.26 Å². The van der Waals surface area contributed by atoms with Crippen LogP contribution in [-0.2, 0) is 9.84 Å². The second kappa shape index (κ2) is 4.59. The van der Waals surface area contributed by atoms with Crippen molar-refractivity contribution in [2.24, 2.45) is 5.73 Å². The van der Waals surface area contributed by atoms with Crippen molar-refractivity contribution >= 4 is 15.9 Å². The molecule has 2 N–H and O–H groups in total. The van der Waals surface area contributed by atoms with Gasteiger partial charge in [0.05, 0.1) is 4.90 Å².